The number of hydrogen-bond donors (Lipinski definition) is 4. The second-order valence-electron chi connectivity index (χ2n) is 6.61. The number of aliphatic imine (C=N–C) groups is 1. The number of rotatable bonds is 10. The minimum Gasteiger partial charge on any atom is -0.388 e. The summed E-state index contributed by atoms with van der Waals surface area (Å²) in [5.74, 6) is 0.585. The van der Waals surface area contributed by atoms with E-state index in [1.54, 1.807) is 24.3 Å². The fourth-order valence-corrected chi connectivity index (χ4v) is 3.68. The van der Waals surface area contributed by atoms with Crippen LogP contribution in [0.15, 0.2) is 64.5 Å². The van der Waals surface area contributed by atoms with Crippen molar-refractivity contribution < 1.29 is 13.5 Å². The Morgan fingerprint density at radius 2 is 1.72 bits per heavy atom. The van der Waals surface area contributed by atoms with Crippen LogP contribution >= 0.6 is 0 Å². The van der Waals surface area contributed by atoms with E-state index in [-0.39, 0.29) is 11.4 Å². The monoisotopic (exact) mass is 418 g/mol. The highest BCUT2D eigenvalue weighted by atomic mass is 32.2. The van der Waals surface area contributed by atoms with E-state index < -0.39 is 16.1 Å². The van der Waals surface area contributed by atoms with Crippen LogP contribution in [0.1, 0.15) is 30.6 Å². The number of aliphatic hydroxyl groups is 1. The first-order chi connectivity index (χ1) is 13.9. The number of guanidine groups is 1. The van der Waals surface area contributed by atoms with Gasteiger partial charge in [-0.25, -0.2) is 13.1 Å². The first kappa shape index (κ1) is 22.9. The molecule has 29 heavy (non-hydrogen) atoms. The second-order valence-corrected chi connectivity index (χ2v) is 8.38. The summed E-state index contributed by atoms with van der Waals surface area (Å²) in [6.45, 7) is 5.61. The van der Waals surface area contributed by atoms with Gasteiger partial charge in [-0.3, -0.25) is 4.99 Å². The van der Waals surface area contributed by atoms with Crippen LogP contribution in [0.5, 0.6) is 0 Å². The molecule has 0 heterocycles. The standard InChI is InChI=1S/C21H30N4O3S/c1-3-22-21(23-14-13-20(26)18-7-5-4-6-8-18)24-15-16-25-29(27,28)19-11-9-17(2)10-12-19/h4-12,20,25-26H,3,13-16H2,1-2H3,(H2,22,23,24). The molecule has 0 bridgehead atoms. The Bertz CT molecular complexity index is 869. The van der Waals surface area contributed by atoms with E-state index in [9.17, 15) is 13.5 Å². The van der Waals surface area contributed by atoms with Gasteiger partial charge in [0.1, 0.15) is 0 Å². The van der Waals surface area contributed by atoms with Gasteiger partial charge in [-0.15, -0.1) is 0 Å². The van der Waals surface area contributed by atoms with E-state index >= 15 is 0 Å². The molecule has 0 aliphatic heterocycles. The quantitative estimate of drug-likeness (QED) is 0.268. The molecule has 1 unspecified atom stereocenters. The highest BCUT2D eigenvalue weighted by molar-refractivity contribution is 7.89. The molecule has 0 saturated heterocycles. The molecule has 0 aromatic heterocycles. The van der Waals surface area contributed by atoms with Crippen molar-refractivity contribution >= 4 is 16.0 Å². The van der Waals surface area contributed by atoms with Gasteiger partial charge in [0.15, 0.2) is 5.96 Å². The van der Waals surface area contributed by atoms with Gasteiger partial charge in [0, 0.05) is 26.2 Å². The van der Waals surface area contributed by atoms with Crippen LogP contribution in [0.4, 0.5) is 0 Å². The summed E-state index contributed by atoms with van der Waals surface area (Å²) in [4.78, 5) is 4.69. The number of nitrogens with zero attached hydrogens (tertiary/aromatic N) is 1. The Morgan fingerprint density at radius 3 is 2.38 bits per heavy atom. The molecule has 0 fully saturated rings. The van der Waals surface area contributed by atoms with E-state index in [2.05, 4.69) is 20.3 Å². The van der Waals surface area contributed by atoms with Crippen molar-refractivity contribution in [2.75, 3.05) is 26.2 Å². The van der Waals surface area contributed by atoms with Crippen LogP contribution in [0.25, 0.3) is 0 Å². The van der Waals surface area contributed by atoms with Crippen LogP contribution in [0.2, 0.25) is 0 Å². The Hall–Kier alpha value is -2.42. The topological polar surface area (TPSA) is 103 Å². The largest absolute Gasteiger partial charge is 0.388 e. The molecule has 1 atom stereocenters. The predicted octanol–water partition coefficient (Wildman–Crippen LogP) is 1.95. The Kier molecular flexibility index (Phi) is 9.11. The molecular formula is C21H30N4O3S. The molecule has 0 aliphatic carbocycles. The maximum atomic E-state index is 12.3. The minimum absolute atomic E-state index is 0.229. The lowest BCUT2D eigenvalue weighted by Gasteiger charge is -2.13. The zero-order valence-corrected chi connectivity index (χ0v) is 17.7. The molecular weight excluding hydrogens is 388 g/mol. The van der Waals surface area contributed by atoms with Crippen molar-refractivity contribution in [1.29, 1.82) is 0 Å². The summed E-state index contributed by atoms with van der Waals surface area (Å²) in [6, 6.07) is 16.2. The summed E-state index contributed by atoms with van der Waals surface area (Å²) in [7, 11) is -3.53. The number of nitrogens with one attached hydrogen (secondary N) is 3. The van der Waals surface area contributed by atoms with E-state index in [1.807, 2.05) is 44.2 Å². The number of benzene rings is 2. The molecule has 2 aromatic carbocycles. The molecule has 0 saturated carbocycles. The smallest absolute Gasteiger partial charge is 0.240 e. The molecule has 2 aromatic rings. The summed E-state index contributed by atoms with van der Waals surface area (Å²) in [6.07, 6.45) is -0.0650. The highest BCUT2D eigenvalue weighted by Crippen LogP contribution is 2.15. The summed E-state index contributed by atoms with van der Waals surface area (Å²) < 4.78 is 27.1. The molecule has 7 nitrogen and oxygen atoms in total. The fraction of sp³-hybridized carbons (Fsp3) is 0.381. The third-order valence-corrected chi connectivity index (χ3v) is 5.72. The molecule has 4 N–H and O–H groups in total. The third-order valence-electron chi connectivity index (χ3n) is 4.24. The molecule has 158 valence electrons. The van der Waals surface area contributed by atoms with Crippen LogP contribution in [-0.2, 0) is 10.0 Å². The van der Waals surface area contributed by atoms with Crippen LogP contribution in [0.3, 0.4) is 0 Å². The lowest BCUT2D eigenvalue weighted by atomic mass is 10.1. The van der Waals surface area contributed by atoms with E-state index in [1.165, 1.54) is 0 Å². The van der Waals surface area contributed by atoms with Crippen molar-refractivity contribution in [2.24, 2.45) is 4.99 Å². The van der Waals surface area contributed by atoms with Gasteiger partial charge in [-0.2, -0.15) is 0 Å². The summed E-state index contributed by atoms with van der Waals surface area (Å²) in [5.41, 5.74) is 1.88. The van der Waals surface area contributed by atoms with Crippen molar-refractivity contribution in [3.8, 4) is 0 Å². The first-order valence-electron chi connectivity index (χ1n) is 9.74. The SMILES string of the molecule is CCNC(=NCCC(O)c1ccccc1)NCCNS(=O)(=O)c1ccc(C)cc1. The number of sulfonamides is 1. The Labute approximate surface area is 173 Å². The average Bonchev–Trinajstić information content (AvgIpc) is 2.72. The van der Waals surface area contributed by atoms with Crippen LogP contribution in [0, 0.1) is 6.92 Å². The summed E-state index contributed by atoms with van der Waals surface area (Å²) >= 11 is 0. The minimum atomic E-state index is -3.53. The van der Waals surface area contributed by atoms with Crippen molar-refractivity contribution in [3.63, 3.8) is 0 Å². The lowest BCUT2D eigenvalue weighted by Crippen LogP contribution is -2.41. The fourth-order valence-electron chi connectivity index (χ4n) is 2.65. The van der Waals surface area contributed by atoms with E-state index in [4.69, 9.17) is 0 Å². The van der Waals surface area contributed by atoms with Gasteiger partial charge in [-0.1, -0.05) is 48.0 Å². The molecule has 0 amide bonds. The van der Waals surface area contributed by atoms with Gasteiger partial charge in [0.25, 0.3) is 0 Å². The molecule has 0 radical (unpaired) electrons. The maximum Gasteiger partial charge on any atom is 0.240 e. The van der Waals surface area contributed by atoms with Gasteiger partial charge < -0.3 is 15.7 Å². The zero-order chi connectivity index (χ0) is 21.1. The molecule has 0 spiro atoms. The predicted molar refractivity (Wildman–Crippen MR) is 116 cm³/mol. The van der Waals surface area contributed by atoms with Crippen molar-refractivity contribution in [3.05, 3.63) is 65.7 Å². The Morgan fingerprint density at radius 1 is 1.03 bits per heavy atom. The zero-order valence-electron chi connectivity index (χ0n) is 16.9. The Balaban J connectivity index is 1.79. The number of aryl methyl sites for hydroxylation is 1. The van der Waals surface area contributed by atoms with Crippen LogP contribution in [-0.4, -0.2) is 45.7 Å². The van der Waals surface area contributed by atoms with Crippen LogP contribution < -0.4 is 15.4 Å². The first-order valence-corrected chi connectivity index (χ1v) is 11.2. The molecule has 0 aliphatic rings. The highest BCUT2D eigenvalue weighted by Gasteiger charge is 2.12. The summed E-state index contributed by atoms with van der Waals surface area (Å²) in [5, 5.41) is 16.4. The van der Waals surface area contributed by atoms with Gasteiger partial charge in [-0.05, 0) is 38.0 Å². The van der Waals surface area contributed by atoms with Gasteiger partial charge >= 0.3 is 0 Å². The van der Waals surface area contributed by atoms with E-state index in [0.29, 0.717) is 32.0 Å². The van der Waals surface area contributed by atoms with Gasteiger partial charge in [0.2, 0.25) is 10.0 Å². The van der Waals surface area contributed by atoms with Crippen molar-refractivity contribution in [1.82, 2.24) is 15.4 Å². The normalized spacial score (nSPS) is 13.1. The third kappa shape index (κ3) is 7.84. The van der Waals surface area contributed by atoms with E-state index in [0.717, 1.165) is 11.1 Å². The van der Waals surface area contributed by atoms with Gasteiger partial charge in [0.05, 0.1) is 11.0 Å². The number of aliphatic hydroxyl groups excluding tert-OH is 1. The molecule has 2 rings (SSSR count). The molecule has 8 heteroatoms. The van der Waals surface area contributed by atoms with Crippen molar-refractivity contribution in [2.45, 2.75) is 31.3 Å². The number of hydrogen-bond acceptors (Lipinski definition) is 4. The second kappa shape index (κ2) is 11.5. The lowest BCUT2D eigenvalue weighted by molar-refractivity contribution is 0.170. The average molecular weight is 419 g/mol. The maximum absolute atomic E-state index is 12.3.